The number of alkyl halides is 1. The number of ether oxygens (including phenoxy) is 1. The first-order valence-corrected chi connectivity index (χ1v) is 7.14. The van der Waals surface area contributed by atoms with Crippen LogP contribution in [-0.2, 0) is 4.74 Å². The van der Waals surface area contributed by atoms with Gasteiger partial charge in [0.15, 0.2) is 0 Å². The van der Waals surface area contributed by atoms with Gasteiger partial charge in [-0.3, -0.25) is 4.90 Å². The molecule has 0 spiro atoms. The van der Waals surface area contributed by atoms with Gasteiger partial charge in [0.2, 0.25) is 0 Å². The zero-order chi connectivity index (χ0) is 11.5. The van der Waals surface area contributed by atoms with E-state index in [1.807, 2.05) is 7.11 Å². The highest BCUT2D eigenvalue weighted by Crippen LogP contribution is 2.33. The van der Waals surface area contributed by atoms with Crippen molar-refractivity contribution < 1.29 is 4.74 Å². The molecule has 94 valence electrons. The minimum Gasteiger partial charge on any atom is -0.381 e. The van der Waals surface area contributed by atoms with Crippen LogP contribution in [0.2, 0.25) is 0 Å². The molecule has 0 N–H and O–H groups in total. The summed E-state index contributed by atoms with van der Waals surface area (Å²) in [6.07, 6.45) is 6.87. The summed E-state index contributed by atoms with van der Waals surface area (Å²) in [5.74, 6) is 1.55. The van der Waals surface area contributed by atoms with Gasteiger partial charge in [0.1, 0.15) is 0 Å². The van der Waals surface area contributed by atoms with E-state index in [1.165, 1.54) is 38.6 Å². The van der Waals surface area contributed by atoms with Crippen LogP contribution in [0.4, 0.5) is 0 Å². The Bertz CT molecular complexity index is 224. The van der Waals surface area contributed by atoms with Crippen LogP contribution in [0.15, 0.2) is 0 Å². The molecule has 1 heterocycles. The molecule has 0 aromatic rings. The van der Waals surface area contributed by atoms with Crippen molar-refractivity contribution in [2.75, 3.05) is 19.5 Å². The van der Waals surface area contributed by atoms with Gasteiger partial charge in [0.25, 0.3) is 0 Å². The van der Waals surface area contributed by atoms with E-state index in [0.29, 0.717) is 18.2 Å². The van der Waals surface area contributed by atoms with Crippen molar-refractivity contribution in [1.82, 2.24) is 4.90 Å². The summed E-state index contributed by atoms with van der Waals surface area (Å²) in [7, 11) is 1.85. The van der Waals surface area contributed by atoms with Crippen LogP contribution in [0.5, 0.6) is 0 Å². The van der Waals surface area contributed by atoms with Crippen LogP contribution >= 0.6 is 11.6 Å². The van der Waals surface area contributed by atoms with Crippen LogP contribution in [0.25, 0.3) is 0 Å². The second-order valence-corrected chi connectivity index (χ2v) is 5.71. The third-order valence-electron chi connectivity index (χ3n) is 4.48. The molecular formula is C13H24ClNO. The van der Waals surface area contributed by atoms with Crippen molar-refractivity contribution in [1.29, 1.82) is 0 Å². The molecule has 0 aromatic heterocycles. The van der Waals surface area contributed by atoms with Crippen molar-refractivity contribution in [3.05, 3.63) is 0 Å². The van der Waals surface area contributed by atoms with E-state index in [9.17, 15) is 0 Å². The predicted molar refractivity (Wildman–Crippen MR) is 68.0 cm³/mol. The number of hydrogen-bond acceptors (Lipinski definition) is 2. The molecule has 0 amide bonds. The van der Waals surface area contributed by atoms with Gasteiger partial charge in [0.05, 0.1) is 6.10 Å². The van der Waals surface area contributed by atoms with E-state index < -0.39 is 0 Å². The fraction of sp³-hybridized carbons (Fsp3) is 1.00. The maximum Gasteiger partial charge on any atom is 0.0586 e. The maximum atomic E-state index is 6.11. The van der Waals surface area contributed by atoms with Crippen LogP contribution in [0.3, 0.4) is 0 Å². The third-order valence-corrected chi connectivity index (χ3v) is 4.80. The topological polar surface area (TPSA) is 12.5 Å². The molecule has 2 aliphatic rings. The highest BCUT2D eigenvalue weighted by molar-refractivity contribution is 6.18. The normalized spacial score (nSPS) is 41.4. The Morgan fingerprint density at radius 2 is 2.12 bits per heavy atom. The van der Waals surface area contributed by atoms with E-state index >= 15 is 0 Å². The zero-order valence-corrected chi connectivity index (χ0v) is 11.2. The summed E-state index contributed by atoms with van der Waals surface area (Å²) in [4.78, 5) is 2.66. The lowest BCUT2D eigenvalue weighted by molar-refractivity contribution is 0.0245. The summed E-state index contributed by atoms with van der Waals surface area (Å²) in [6, 6.07) is 1.31. The fourth-order valence-electron chi connectivity index (χ4n) is 3.37. The Balaban J connectivity index is 1.95. The molecule has 3 heteroatoms. The molecule has 2 rings (SSSR count). The monoisotopic (exact) mass is 245 g/mol. The van der Waals surface area contributed by atoms with Crippen molar-refractivity contribution in [2.24, 2.45) is 5.92 Å². The number of likely N-dealkylation sites (tertiary alicyclic amines) is 1. The van der Waals surface area contributed by atoms with Crippen molar-refractivity contribution in [2.45, 2.75) is 57.2 Å². The zero-order valence-electron chi connectivity index (χ0n) is 10.5. The van der Waals surface area contributed by atoms with Crippen molar-refractivity contribution >= 4 is 11.6 Å². The van der Waals surface area contributed by atoms with Crippen LogP contribution in [-0.4, -0.2) is 42.6 Å². The maximum absolute atomic E-state index is 6.11. The van der Waals surface area contributed by atoms with Crippen LogP contribution in [0.1, 0.15) is 39.0 Å². The van der Waals surface area contributed by atoms with Gasteiger partial charge in [-0.05, 0) is 44.6 Å². The van der Waals surface area contributed by atoms with E-state index in [0.717, 1.165) is 11.8 Å². The lowest BCUT2D eigenvalue weighted by atomic mass is 9.91. The largest absolute Gasteiger partial charge is 0.381 e. The standard InChI is InChI=1S/C13H24ClNO/c1-10-6-7-15(13(10)9-14)11-4-3-5-12(8-11)16-2/h10-13H,3-9H2,1-2H3. The first-order chi connectivity index (χ1) is 7.76. The first-order valence-electron chi connectivity index (χ1n) is 6.60. The average molecular weight is 246 g/mol. The highest BCUT2D eigenvalue weighted by atomic mass is 35.5. The van der Waals surface area contributed by atoms with E-state index in [2.05, 4.69) is 11.8 Å². The molecule has 0 bridgehead atoms. The fourth-order valence-corrected chi connectivity index (χ4v) is 3.85. The summed E-state index contributed by atoms with van der Waals surface area (Å²) < 4.78 is 5.52. The van der Waals surface area contributed by atoms with Gasteiger partial charge in [-0.15, -0.1) is 11.6 Å². The Morgan fingerprint density at radius 3 is 2.81 bits per heavy atom. The molecule has 0 radical (unpaired) electrons. The van der Waals surface area contributed by atoms with Gasteiger partial charge in [-0.25, -0.2) is 0 Å². The number of hydrogen-bond donors (Lipinski definition) is 0. The SMILES string of the molecule is COC1CCCC(N2CCC(C)C2CCl)C1. The summed E-state index contributed by atoms with van der Waals surface area (Å²) in [5, 5.41) is 0. The average Bonchev–Trinajstić information content (AvgIpc) is 2.70. The summed E-state index contributed by atoms with van der Waals surface area (Å²) in [6.45, 7) is 3.57. The minimum atomic E-state index is 0.477. The highest BCUT2D eigenvalue weighted by Gasteiger charge is 2.37. The molecule has 1 aliphatic carbocycles. The molecule has 4 atom stereocenters. The van der Waals surface area contributed by atoms with E-state index in [-0.39, 0.29) is 0 Å². The van der Waals surface area contributed by atoms with Gasteiger partial charge in [-0.1, -0.05) is 6.92 Å². The Hall–Kier alpha value is 0.210. The molecule has 2 nitrogen and oxygen atoms in total. The number of halogens is 1. The molecule has 4 unspecified atom stereocenters. The Labute approximate surface area is 104 Å². The van der Waals surface area contributed by atoms with Crippen LogP contribution in [0, 0.1) is 5.92 Å². The molecule has 1 saturated heterocycles. The number of rotatable bonds is 3. The molecule has 16 heavy (non-hydrogen) atoms. The van der Waals surface area contributed by atoms with Gasteiger partial charge in [-0.2, -0.15) is 0 Å². The first kappa shape index (κ1) is 12.7. The van der Waals surface area contributed by atoms with Crippen LogP contribution < -0.4 is 0 Å². The third kappa shape index (κ3) is 2.55. The molecular weight excluding hydrogens is 222 g/mol. The molecule has 0 aromatic carbocycles. The lowest BCUT2D eigenvalue weighted by Crippen LogP contribution is -2.45. The number of methoxy groups -OCH3 is 1. The van der Waals surface area contributed by atoms with Crippen molar-refractivity contribution in [3.8, 4) is 0 Å². The van der Waals surface area contributed by atoms with Gasteiger partial charge in [0, 0.05) is 25.1 Å². The quantitative estimate of drug-likeness (QED) is 0.709. The van der Waals surface area contributed by atoms with Gasteiger partial charge >= 0.3 is 0 Å². The predicted octanol–water partition coefficient (Wildman–Crippen LogP) is 2.89. The molecule has 1 saturated carbocycles. The summed E-state index contributed by atoms with van der Waals surface area (Å²) in [5.41, 5.74) is 0. The minimum absolute atomic E-state index is 0.477. The van der Waals surface area contributed by atoms with E-state index in [1.54, 1.807) is 0 Å². The van der Waals surface area contributed by atoms with Gasteiger partial charge < -0.3 is 4.74 Å². The summed E-state index contributed by atoms with van der Waals surface area (Å²) >= 11 is 6.11. The smallest absolute Gasteiger partial charge is 0.0586 e. The Morgan fingerprint density at radius 1 is 1.31 bits per heavy atom. The molecule has 1 aliphatic heterocycles. The van der Waals surface area contributed by atoms with Crippen molar-refractivity contribution in [3.63, 3.8) is 0 Å². The second-order valence-electron chi connectivity index (χ2n) is 5.40. The Kier molecular flexibility index (Phi) is 4.51. The second kappa shape index (κ2) is 5.70. The lowest BCUT2D eigenvalue weighted by Gasteiger charge is -2.38. The number of nitrogens with zero attached hydrogens (tertiary/aromatic N) is 1. The molecule has 2 fully saturated rings. The van der Waals surface area contributed by atoms with E-state index in [4.69, 9.17) is 16.3 Å².